The number of amides is 1. The molecule has 3 fully saturated rings. The number of aliphatic carboxylic acids is 3. The summed E-state index contributed by atoms with van der Waals surface area (Å²) < 4.78 is 103. The van der Waals surface area contributed by atoms with Gasteiger partial charge in [-0.2, -0.15) is 39.5 Å². The highest BCUT2D eigenvalue weighted by Gasteiger charge is 2.45. The van der Waals surface area contributed by atoms with Gasteiger partial charge in [-0.05, 0) is 32.2 Å². The first-order valence-corrected chi connectivity index (χ1v) is 13.6. The van der Waals surface area contributed by atoms with E-state index >= 15 is 0 Å². The number of carbonyl (C=O) groups excluding carboxylic acids is 1. The summed E-state index contributed by atoms with van der Waals surface area (Å²) in [6, 6.07) is 0. The Morgan fingerprint density at radius 3 is 1.72 bits per heavy atom. The van der Waals surface area contributed by atoms with Gasteiger partial charge in [0.2, 0.25) is 0 Å². The first kappa shape index (κ1) is 41.4. The Hall–Kier alpha value is -3.66. The van der Waals surface area contributed by atoms with Crippen LogP contribution in [-0.2, 0) is 26.2 Å². The maximum Gasteiger partial charge on any atom is 0.490 e. The van der Waals surface area contributed by atoms with E-state index in [1.54, 1.807) is 12.5 Å². The number of carboxylic acid groups (broad SMARTS) is 3. The van der Waals surface area contributed by atoms with Gasteiger partial charge < -0.3 is 39.3 Å². The number of carbonyl (C=O) groups is 4. The summed E-state index contributed by atoms with van der Waals surface area (Å²) in [4.78, 5) is 50.6. The van der Waals surface area contributed by atoms with Crippen molar-refractivity contribution in [2.24, 2.45) is 13.0 Å². The molecule has 1 aromatic rings. The van der Waals surface area contributed by atoms with Crippen LogP contribution in [0.1, 0.15) is 29.8 Å². The van der Waals surface area contributed by atoms with E-state index in [4.69, 9.17) is 34.4 Å². The number of aryl methyl sites for hydroxylation is 1. The number of likely N-dealkylation sites (tertiary alicyclic amines) is 1. The Kier molecular flexibility index (Phi) is 14.9. The number of likely N-dealkylation sites (N-methyl/N-ethyl adjacent to an activating group) is 1. The van der Waals surface area contributed by atoms with Crippen molar-refractivity contribution < 1.29 is 78.7 Å². The molecular weight excluding hydrogens is 669 g/mol. The Morgan fingerprint density at radius 2 is 1.32 bits per heavy atom. The van der Waals surface area contributed by atoms with E-state index in [1.165, 1.54) is 0 Å². The molecule has 1 spiro atoms. The van der Waals surface area contributed by atoms with Gasteiger partial charge in [0, 0.05) is 52.5 Å². The number of halogens is 9. The molecule has 4 rings (SSSR count). The van der Waals surface area contributed by atoms with E-state index in [9.17, 15) is 44.3 Å². The van der Waals surface area contributed by atoms with E-state index in [-0.39, 0.29) is 11.5 Å². The second-order valence-corrected chi connectivity index (χ2v) is 10.8. The summed E-state index contributed by atoms with van der Waals surface area (Å²) in [6.07, 6.45) is -8.61. The number of aromatic nitrogens is 2. The maximum atomic E-state index is 12.8. The van der Waals surface area contributed by atoms with Gasteiger partial charge in [0.15, 0.2) is 0 Å². The predicted octanol–water partition coefficient (Wildman–Crippen LogP) is 2.58. The van der Waals surface area contributed by atoms with Gasteiger partial charge in [-0.15, -0.1) is 0 Å². The lowest BCUT2D eigenvalue weighted by atomic mass is 9.86. The van der Waals surface area contributed by atoms with Gasteiger partial charge in [0.1, 0.15) is 5.69 Å². The maximum absolute atomic E-state index is 12.8. The lowest BCUT2D eigenvalue weighted by Crippen LogP contribution is -2.50. The summed E-state index contributed by atoms with van der Waals surface area (Å²) in [5, 5.41) is 21.4. The minimum Gasteiger partial charge on any atom is -0.475 e. The molecule has 3 saturated heterocycles. The van der Waals surface area contributed by atoms with E-state index in [0.29, 0.717) is 18.2 Å². The zero-order chi connectivity index (χ0) is 36.4. The number of hydrogen-bond acceptors (Lipinski definition) is 8. The molecule has 0 aromatic carbocycles. The molecule has 0 saturated carbocycles. The average Bonchev–Trinajstić information content (AvgIpc) is 3.54. The summed E-state index contributed by atoms with van der Waals surface area (Å²) in [6.45, 7) is 8.11. The van der Waals surface area contributed by atoms with Crippen LogP contribution in [0, 0.1) is 5.92 Å². The van der Waals surface area contributed by atoms with Gasteiger partial charge in [0.25, 0.3) is 5.91 Å². The van der Waals surface area contributed by atoms with Crippen molar-refractivity contribution in [1.29, 1.82) is 0 Å². The highest BCUT2D eigenvalue weighted by molar-refractivity contribution is 5.92. The van der Waals surface area contributed by atoms with Crippen molar-refractivity contribution in [3.05, 3.63) is 18.2 Å². The molecule has 1 aromatic heterocycles. The largest absolute Gasteiger partial charge is 0.490 e. The Bertz CT molecular complexity index is 1140. The fraction of sp³-hybridized carbons (Fsp3) is 0.720. The number of nitrogens with zero attached hydrogens (tertiary/aromatic N) is 5. The molecule has 0 bridgehead atoms. The summed E-state index contributed by atoms with van der Waals surface area (Å²) >= 11 is 0. The number of carboxylic acids is 3. The molecule has 270 valence electrons. The van der Waals surface area contributed by atoms with Crippen molar-refractivity contribution in [3.8, 4) is 0 Å². The highest BCUT2D eigenvalue weighted by atomic mass is 19.4. The number of rotatable bonds is 3. The lowest BCUT2D eigenvalue weighted by Gasteiger charge is -2.39. The second kappa shape index (κ2) is 16.9. The van der Waals surface area contributed by atoms with Crippen LogP contribution in [0.2, 0.25) is 0 Å². The third-order valence-electron chi connectivity index (χ3n) is 6.88. The molecule has 3 N–H and O–H groups in total. The van der Waals surface area contributed by atoms with Crippen molar-refractivity contribution in [2.45, 2.75) is 43.4 Å². The van der Waals surface area contributed by atoms with Crippen LogP contribution < -0.4 is 0 Å². The van der Waals surface area contributed by atoms with Crippen LogP contribution in [0.3, 0.4) is 0 Å². The topological polar surface area (TPSA) is 166 Å². The molecule has 0 aliphatic carbocycles. The van der Waals surface area contributed by atoms with Gasteiger partial charge in [-0.25, -0.2) is 19.4 Å². The molecule has 47 heavy (non-hydrogen) atoms. The summed E-state index contributed by atoms with van der Waals surface area (Å²) in [5.74, 6) is -7.65. The van der Waals surface area contributed by atoms with E-state index in [0.717, 1.165) is 65.1 Å². The molecule has 2 atom stereocenters. The van der Waals surface area contributed by atoms with Gasteiger partial charge >= 0.3 is 36.4 Å². The molecule has 3 aliphatic heterocycles. The van der Waals surface area contributed by atoms with E-state index < -0.39 is 36.4 Å². The molecular formula is C25H34F9N5O8. The van der Waals surface area contributed by atoms with E-state index in [2.05, 4.69) is 21.8 Å². The number of alkyl halides is 9. The zero-order valence-corrected chi connectivity index (χ0v) is 25.0. The number of hydrogen-bond donors (Lipinski definition) is 3. The van der Waals surface area contributed by atoms with Crippen LogP contribution in [0.25, 0.3) is 0 Å². The Morgan fingerprint density at radius 1 is 0.851 bits per heavy atom. The number of piperazine rings is 1. The third kappa shape index (κ3) is 14.8. The number of imidazole rings is 1. The molecule has 13 nitrogen and oxygen atoms in total. The molecule has 4 heterocycles. The third-order valence-corrected chi connectivity index (χ3v) is 6.88. The lowest BCUT2D eigenvalue weighted by molar-refractivity contribution is -0.193. The smallest absolute Gasteiger partial charge is 0.475 e. The monoisotopic (exact) mass is 703 g/mol. The molecule has 1 amide bonds. The highest BCUT2D eigenvalue weighted by Crippen LogP contribution is 2.38. The minimum atomic E-state index is -5.08. The van der Waals surface area contributed by atoms with Crippen molar-refractivity contribution in [1.82, 2.24) is 24.3 Å². The Balaban J connectivity index is 0.000000430. The second-order valence-electron chi connectivity index (χ2n) is 10.8. The van der Waals surface area contributed by atoms with Crippen molar-refractivity contribution in [3.63, 3.8) is 0 Å². The van der Waals surface area contributed by atoms with Crippen LogP contribution in [0.4, 0.5) is 39.5 Å². The summed E-state index contributed by atoms with van der Waals surface area (Å²) in [5.41, 5.74) is 0.400. The minimum absolute atomic E-state index is 0.0378. The Labute approximate surface area is 261 Å². The number of piperidine rings is 1. The quantitative estimate of drug-likeness (QED) is 0.397. The van der Waals surface area contributed by atoms with Crippen LogP contribution in [0.5, 0.6) is 0 Å². The van der Waals surface area contributed by atoms with Crippen LogP contribution in [-0.4, -0.2) is 147 Å². The number of ether oxygens (including phenoxy) is 1. The molecule has 3 aliphatic rings. The zero-order valence-electron chi connectivity index (χ0n) is 25.0. The normalized spacial score (nSPS) is 22.2. The van der Waals surface area contributed by atoms with Gasteiger partial charge in [-0.3, -0.25) is 4.79 Å². The van der Waals surface area contributed by atoms with Crippen molar-refractivity contribution >= 4 is 23.8 Å². The molecule has 0 radical (unpaired) electrons. The fourth-order valence-electron chi connectivity index (χ4n) is 4.69. The van der Waals surface area contributed by atoms with Crippen molar-refractivity contribution in [2.75, 3.05) is 59.5 Å². The standard InChI is InChI=1S/C19H31N5O2.3C2HF3O2/c1-21-6-8-23(9-7-21)11-16-10-19(26-13-16)4-3-5-24(14-19)18(25)17-12-22(2)15-20-17;3*3-2(4,5)1(6)7/h12,15-16H,3-11,13-14H2,1-2H3;3*(H,6,7). The summed E-state index contributed by atoms with van der Waals surface area (Å²) in [7, 11) is 4.09. The molecule has 2 unspecified atom stereocenters. The van der Waals surface area contributed by atoms with E-state index in [1.807, 2.05) is 16.5 Å². The van der Waals surface area contributed by atoms with Crippen LogP contribution >= 0.6 is 0 Å². The fourth-order valence-corrected chi connectivity index (χ4v) is 4.69. The SMILES string of the molecule is CN1CCN(CC2COC3(CCCN(C(=O)c4cn(C)cn4)C3)C2)CC1.O=C(O)C(F)(F)F.O=C(O)C(F)(F)F.O=C(O)C(F)(F)F. The van der Waals surface area contributed by atoms with Gasteiger partial charge in [0.05, 0.1) is 25.1 Å². The first-order chi connectivity index (χ1) is 21.4. The molecule has 22 heteroatoms. The van der Waals surface area contributed by atoms with Crippen LogP contribution in [0.15, 0.2) is 12.5 Å². The van der Waals surface area contributed by atoms with Gasteiger partial charge in [-0.1, -0.05) is 0 Å². The predicted molar refractivity (Wildman–Crippen MR) is 140 cm³/mol. The average molecular weight is 704 g/mol. The first-order valence-electron chi connectivity index (χ1n) is 13.6.